The number of furan rings is 1. The Morgan fingerprint density at radius 2 is 1.70 bits per heavy atom. The van der Waals surface area contributed by atoms with Gasteiger partial charge in [0.1, 0.15) is 40.5 Å². The number of nitro groups is 1. The molecule has 0 radical (unpaired) electrons. The number of carbonyl (C=O) groups is 5. The Morgan fingerprint density at radius 3 is 2.21 bits per heavy atom. The number of carbonyl (C=O) groups excluding carboxylic acids is 4. The number of halogens is 7. The zero-order valence-electron chi connectivity index (χ0n) is 42.7. The molecule has 0 saturated carbocycles. The van der Waals surface area contributed by atoms with Crippen molar-refractivity contribution in [3.8, 4) is 11.5 Å². The highest BCUT2D eigenvalue weighted by Gasteiger charge is 2.45. The largest absolute Gasteiger partial charge is 0.480 e. The van der Waals surface area contributed by atoms with Crippen LogP contribution in [0, 0.1) is 17.0 Å². The maximum atomic E-state index is 12.8. The third-order valence-electron chi connectivity index (χ3n) is 10.3. The second-order valence-corrected chi connectivity index (χ2v) is 20.0. The van der Waals surface area contributed by atoms with E-state index in [4.69, 9.17) is 89.4 Å². The van der Waals surface area contributed by atoms with E-state index in [0.29, 0.717) is 25.0 Å². The van der Waals surface area contributed by atoms with Crippen LogP contribution in [0.5, 0.6) is 11.5 Å². The molecule has 1 aromatic heterocycles. The molecule has 1 fully saturated rings. The van der Waals surface area contributed by atoms with Crippen LogP contribution in [0.2, 0.25) is 5.02 Å². The van der Waals surface area contributed by atoms with Crippen LogP contribution in [0.3, 0.4) is 0 Å². The van der Waals surface area contributed by atoms with Gasteiger partial charge in [0.05, 0.1) is 66.1 Å². The number of nitrogens with one attached hydrogen (secondary N) is 1. The maximum absolute atomic E-state index is 12.8. The molecule has 3 unspecified atom stereocenters. The quantitative estimate of drug-likeness (QED) is 0.0223. The number of amides is 2. The molecule has 5 rings (SSSR count). The number of nitro benzene ring substituents is 1. The van der Waals surface area contributed by atoms with Gasteiger partial charge in [-0.1, -0.05) is 59.9 Å². The Bertz CT molecular complexity index is 2680. The number of hydrogen-bond acceptors (Lipinski definition) is 15. The summed E-state index contributed by atoms with van der Waals surface area (Å²) in [6.45, 7) is 12.9. The number of carboxylic acids is 1. The predicted molar refractivity (Wildman–Crippen MR) is 278 cm³/mol. The van der Waals surface area contributed by atoms with Gasteiger partial charge in [0.25, 0.3) is 11.6 Å². The number of ether oxygens (including phenoxy) is 5. The highest BCUT2D eigenvalue weighted by molar-refractivity contribution is 7.51. The summed E-state index contributed by atoms with van der Waals surface area (Å²) in [7, 11) is -2.46. The van der Waals surface area contributed by atoms with Crippen molar-refractivity contribution in [1.82, 2.24) is 10.2 Å². The Kier molecular flexibility index (Phi) is 27.3. The fraction of sp³-hybridized carbons (Fsp3) is 0.438. The molecule has 4 aromatic rings. The van der Waals surface area contributed by atoms with E-state index in [0.717, 1.165) is 53.6 Å². The summed E-state index contributed by atoms with van der Waals surface area (Å²) in [5.74, 6) is -3.28. The molecule has 29 heteroatoms. The van der Waals surface area contributed by atoms with Crippen molar-refractivity contribution in [2.75, 3.05) is 50.5 Å². The lowest BCUT2D eigenvalue weighted by Gasteiger charge is -2.31. The van der Waals surface area contributed by atoms with E-state index in [2.05, 4.69) is 18.3 Å². The molecular formula is C48H58Cl4F3N4O17P. The summed E-state index contributed by atoms with van der Waals surface area (Å²) in [6, 6.07) is 15.0. The molecule has 21 nitrogen and oxygen atoms in total. The maximum Gasteiger partial charge on any atom is 0.416 e. The number of methoxy groups -OCH3 is 1. The lowest BCUT2D eigenvalue weighted by molar-refractivity contribution is -0.385. The van der Waals surface area contributed by atoms with Crippen LogP contribution in [-0.4, -0.2) is 123 Å². The van der Waals surface area contributed by atoms with Gasteiger partial charge < -0.3 is 52.8 Å². The molecule has 0 aliphatic carbocycles. The molecule has 3 aromatic carbocycles. The Balaban J connectivity index is 0.000000379. The molecule has 2 amide bonds. The third kappa shape index (κ3) is 21.7. The number of carboxylic acid groups (broad SMARTS) is 1. The molecule has 3 atom stereocenters. The molecule has 0 bridgehead atoms. The zero-order chi connectivity index (χ0) is 58.6. The second-order valence-electron chi connectivity index (χ2n) is 16.6. The predicted octanol–water partition coefficient (Wildman–Crippen LogP) is 9.85. The van der Waals surface area contributed by atoms with E-state index in [-0.39, 0.29) is 53.0 Å². The molecular weight excluding hydrogens is 1130 g/mol. The molecule has 0 spiro atoms. The van der Waals surface area contributed by atoms with Gasteiger partial charge in [-0.15, -0.1) is 11.6 Å². The molecule has 2 heterocycles. The number of nitrogens with zero attached hydrogens (tertiary/aromatic N) is 3. The van der Waals surface area contributed by atoms with Crippen molar-refractivity contribution < 1.29 is 89.6 Å². The first-order valence-electron chi connectivity index (χ1n) is 22.8. The van der Waals surface area contributed by atoms with E-state index in [9.17, 15) is 51.8 Å². The van der Waals surface area contributed by atoms with E-state index >= 15 is 0 Å². The fourth-order valence-corrected chi connectivity index (χ4v) is 7.87. The number of benzene rings is 3. The van der Waals surface area contributed by atoms with Crippen molar-refractivity contribution in [2.45, 2.75) is 89.9 Å². The van der Waals surface area contributed by atoms with E-state index in [1.165, 1.54) is 11.8 Å². The summed E-state index contributed by atoms with van der Waals surface area (Å²) >= 11 is 22.8. The summed E-state index contributed by atoms with van der Waals surface area (Å²) < 4.78 is 79.5. The van der Waals surface area contributed by atoms with Crippen molar-refractivity contribution >= 4 is 95.1 Å². The monoisotopic (exact) mass is 1190 g/mol. The minimum Gasteiger partial charge on any atom is -0.480 e. The number of anilines is 1. The van der Waals surface area contributed by atoms with Crippen molar-refractivity contribution in [3.05, 3.63) is 116 Å². The van der Waals surface area contributed by atoms with Gasteiger partial charge in [0.2, 0.25) is 5.91 Å². The van der Waals surface area contributed by atoms with Crippen LogP contribution >= 0.6 is 54.0 Å². The number of hydrogen-bond donors (Lipinski definition) is 4. The molecule has 1 saturated heterocycles. The number of para-hydroxylation sites is 1. The van der Waals surface area contributed by atoms with Crippen LogP contribution in [0.4, 0.5) is 24.5 Å². The SMILES string of the molecule is CC1(C)OC(c2ccco2)CN1C(=O)C(Cl)Cl.CCOC(=O)C(C)OC(=O)c1cc(Oc2ccc(C(F)(F)F)cc2Cl)ccc1[N+](=O)[O-].CCc1cccc(C)c1N(C(=O)CCl)C(C)COC.O=C(O)CNCP(=O)(O)O. The first-order chi connectivity index (χ1) is 35.8. The first kappa shape index (κ1) is 67.6. The van der Waals surface area contributed by atoms with Crippen molar-refractivity contribution in [3.63, 3.8) is 0 Å². The van der Waals surface area contributed by atoms with Gasteiger partial charge in [0.15, 0.2) is 10.9 Å². The number of aliphatic carboxylic acids is 1. The second kappa shape index (κ2) is 31.2. The lowest BCUT2D eigenvalue weighted by atomic mass is 10.0. The number of aryl methyl sites for hydroxylation is 2. The average Bonchev–Trinajstić information content (AvgIpc) is 4.00. The summed E-state index contributed by atoms with van der Waals surface area (Å²) in [6.07, 6.45) is -4.37. The van der Waals surface area contributed by atoms with Crippen LogP contribution in [0.25, 0.3) is 0 Å². The van der Waals surface area contributed by atoms with E-state index < -0.39 is 82.9 Å². The minimum atomic E-state index is -4.61. The van der Waals surface area contributed by atoms with Crippen molar-refractivity contribution in [1.29, 1.82) is 0 Å². The van der Waals surface area contributed by atoms with E-state index in [1.54, 1.807) is 45.1 Å². The normalized spacial score (nSPS) is 14.5. The summed E-state index contributed by atoms with van der Waals surface area (Å²) in [4.78, 5) is 86.8. The average molecular weight is 1190 g/mol. The molecule has 426 valence electrons. The summed E-state index contributed by atoms with van der Waals surface area (Å²) in [5, 5.41) is 20.9. The van der Waals surface area contributed by atoms with Gasteiger partial charge in [-0.05, 0) is 95.5 Å². The number of esters is 2. The topological polar surface area (TPSA) is 284 Å². The standard InChI is InChI=1S/C19H15ClF3NO7.C15H22ClNO2.C11H13Cl2NO3.C3H8NO5P/c1-3-29-17(25)10(2)30-18(26)13-9-12(5-6-15(13)24(27)28)31-16-7-4-11(8-14(16)20)19(21,22)23;1-5-13-8-6-7-11(2)15(13)17(14(18)9-16)12(3)10-19-4;1-11(2)14(10(15)9(12)13)6-8(17-11)7-4-3-5-16-7;5-3(6)1-4-2-10(7,8)9/h4-10H,3H2,1-2H3;6-8,12H,5,9-10H2,1-4H3;3-5,8-9H,6H2,1-2H3;4H,1-2H2,(H,5,6)(H2,7,8,9). The molecule has 77 heavy (non-hydrogen) atoms. The van der Waals surface area contributed by atoms with Crippen molar-refractivity contribution in [2.24, 2.45) is 0 Å². The Hall–Kier alpha value is -5.53. The van der Waals surface area contributed by atoms with Crippen LogP contribution in [0.15, 0.2) is 77.4 Å². The van der Waals surface area contributed by atoms with Crippen LogP contribution in [-0.2, 0) is 55.3 Å². The Morgan fingerprint density at radius 1 is 1.04 bits per heavy atom. The molecule has 4 N–H and O–H groups in total. The molecule has 1 aliphatic heterocycles. The van der Waals surface area contributed by atoms with Crippen LogP contribution < -0.4 is 15.0 Å². The van der Waals surface area contributed by atoms with Gasteiger partial charge in [-0.25, -0.2) is 9.59 Å². The first-order valence-corrected chi connectivity index (χ1v) is 26.4. The van der Waals surface area contributed by atoms with E-state index in [1.807, 2.05) is 32.0 Å². The van der Waals surface area contributed by atoms with Gasteiger partial charge in [0, 0.05) is 19.2 Å². The highest BCUT2D eigenvalue weighted by Crippen LogP contribution is 2.39. The third-order valence-corrected chi connectivity index (χ3v) is 11.8. The number of alkyl halides is 6. The van der Waals surface area contributed by atoms with Gasteiger partial charge in [-0.2, -0.15) is 13.2 Å². The van der Waals surface area contributed by atoms with Crippen LogP contribution in [0.1, 0.15) is 80.5 Å². The minimum absolute atomic E-state index is 0.0223. The number of rotatable bonds is 19. The highest BCUT2D eigenvalue weighted by atomic mass is 35.5. The smallest absolute Gasteiger partial charge is 0.416 e. The molecule has 1 aliphatic rings. The summed E-state index contributed by atoms with van der Waals surface area (Å²) in [5.41, 5.74) is 0.304. The lowest BCUT2D eigenvalue weighted by Crippen LogP contribution is -2.45. The van der Waals surface area contributed by atoms with Gasteiger partial charge >= 0.3 is 31.7 Å². The fourth-order valence-electron chi connectivity index (χ4n) is 6.88. The Labute approximate surface area is 461 Å². The zero-order valence-corrected chi connectivity index (χ0v) is 46.6. The van der Waals surface area contributed by atoms with Gasteiger partial charge in [-0.3, -0.25) is 34.4 Å².